The van der Waals surface area contributed by atoms with E-state index in [4.69, 9.17) is 5.11 Å². The van der Waals surface area contributed by atoms with Gasteiger partial charge in [-0.05, 0) is 12.0 Å². The van der Waals surface area contributed by atoms with Crippen LogP contribution in [-0.2, 0) is 4.79 Å². The summed E-state index contributed by atoms with van der Waals surface area (Å²) in [6, 6.07) is 0.229. The van der Waals surface area contributed by atoms with Gasteiger partial charge in [-0.15, -0.1) is 0 Å². The maximum Gasteiger partial charge on any atom is 0.223 e. The third kappa shape index (κ3) is 0.878. The summed E-state index contributed by atoms with van der Waals surface area (Å²) in [6.45, 7) is 0.813. The van der Waals surface area contributed by atoms with Gasteiger partial charge in [0, 0.05) is 13.0 Å². The maximum absolute atomic E-state index is 11.1. The lowest BCUT2D eigenvalue weighted by Gasteiger charge is -2.16. The molecule has 1 amide bonds. The summed E-state index contributed by atoms with van der Waals surface area (Å²) in [7, 11) is 0. The summed E-state index contributed by atoms with van der Waals surface area (Å²) in [6.07, 6.45) is 3.51. The Bertz CT molecular complexity index is 222. The smallest absolute Gasteiger partial charge is 0.223 e. The number of carbonyl (C=O) groups is 1. The second kappa shape index (κ2) is 2.34. The molecule has 2 aliphatic heterocycles. The SMILES string of the molecule is O=C1CC[C@H]2C(CO)=CCN12. The third-order valence-electron chi connectivity index (χ3n) is 2.49. The van der Waals surface area contributed by atoms with Gasteiger partial charge in [-0.25, -0.2) is 0 Å². The zero-order valence-corrected chi connectivity index (χ0v) is 6.29. The Hall–Kier alpha value is -0.830. The highest BCUT2D eigenvalue weighted by Crippen LogP contribution is 2.28. The summed E-state index contributed by atoms with van der Waals surface area (Å²) >= 11 is 0. The average Bonchev–Trinajstić information content (AvgIpc) is 2.53. The van der Waals surface area contributed by atoms with Crippen molar-refractivity contribution in [2.45, 2.75) is 18.9 Å². The first kappa shape index (κ1) is 6.85. The first-order chi connectivity index (χ1) is 5.33. The van der Waals surface area contributed by atoms with E-state index in [9.17, 15) is 4.79 Å². The molecule has 1 N–H and O–H groups in total. The Kier molecular flexibility index (Phi) is 1.46. The standard InChI is InChI=1S/C8H11NO2/c10-5-6-3-4-9-7(6)1-2-8(9)11/h3,7,10H,1-2,4-5H2/t7-/m0/s1. The quantitative estimate of drug-likeness (QED) is 0.535. The molecule has 3 nitrogen and oxygen atoms in total. The molecule has 0 aromatic heterocycles. The van der Waals surface area contributed by atoms with E-state index in [1.807, 2.05) is 11.0 Å². The molecule has 3 heteroatoms. The van der Waals surface area contributed by atoms with E-state index >= 15 is 0 Å². The fourth-order valence-electron chi connectivity index (χ4n) is 1.87. The molecule has 1 saturated heterocycles. The minimum atomic E-state index is 0.106. The van der Waals surface area contributed by atoms with Gasteiger partial charge in [0.2, 0.25) is 5.91 Å². The van der Waals surface area contributed by atoms with Crippen molar-refractivity contribution in [3.8, 4) is 0 Å². The predicted molar refractivity (Wildman–Crippen MR) is 39.9 cm³/mol. The average molecular weight is 153 g/mol. The number of aliphatic hydroxyl groups excluding tert-OH is 1. The van der Waals surface area contributed by atoms with Crippen molar-refractivity contribution in [3.05, 3.63) is 11.6 Å². The molecule has 0 unspecified atom stereocenters. The van der Waals surface area contributed by atoms with E-state index < -0.39 is 0 Å². The van der Waals surface area contributed by atoms with Crippen LogP contribution in [-0.4, -0.2) is 35.1 Å². The lowest BCUT2D eigenvalue weighted by molar-refractivity contribution is -0.127. The molecule has 1 fully saturated rings. The Morgan fingerprint density at radius 2 is 2.55 bits per heavy atom. The molecule has 1 atom stereocenters. The minimum Gasteiger partial charge on any atom is -0.392 e. The lowest BCUT2D eigenvalue weighted by Crippen LogP contribution is -2.29. The molecule has 11 heavy (non-hydrogen) atoms. The lowest BCUT2D eigenvalue weighted by atomic mass is 10.1. The number of fused-ring (bicyclic) bond motifs is 1. The van der Waals surface area contributed by atoms with Crippen LogP contribution in [0.4, 0.5) is 0 Å². The van der Waals surface area contributed by atoms with Crippen LogP contribution >= 0.6 is 0 Å². The van der Waals surface area contributed by atoms with E-state index in [0.717, 1.165) is 12.0 Å². The summed E-state index contributed by atoms with van der Waals surface area (Å²) in [4.78, 5) is 13.0. The number of amides is 1. The molecule has 0 aromatic rings. The summed E-state index contributed by atoms with van der Waals surface area (Å²) in [5, 5.41) is 8.89. The normalized spacial score (nSPS) is 29.2. The zero-order valence-electron chi connectivity index (χ0n) is 6.29. The van der Waals surface area contributed by atoms with Crippen LogP contribution in [0.3, 0.4) is 0 Å². The largest absolute Gasteiger partial charge is 0.392 e. The second-order valence-corrected chi connectivity index (χ2v) is 3.04. The molecule has 0 aromatic carbocycles. The van der Waals surface area contributed by atoms with Gasteiger partial charge in [0.25, 0.3) is 0 Å². The van der Waals surface area contributed by atoms with E-state index in [1.54, 1.807) is 0 Å². The molecule has 0 saturated carbocycles. The highest BCUT2D eigenvalue weighted by molar-refractivity contribution is 5.80. The van der Waals surface area contributed by atoms with Gasteiger partial charge in [-0.3, -0.25) is 4.79 Å². The van der Waals surface area contributed by atoms with Gasteiger partial charge in [0.15, 0.2) is 0 Å². The number of aliphatic hydroxyl groups is 1. The number of hydrogen-bond donors (Lipinski definition) is 1. The minimum absolute atomic E-state index is 0.106. The Morgan fingerprint density at radius 3 is 3.27 bits per heavy atom. The first-order valence-corrected chi connectivity index (χ1v) is 3.92. The number of rotatable bonds is 1. The van der Waals surface area contributed by atoms with Crippen molar-refractivity contribution in [2.75, 3.05) is 13.2 Å². The highest BCUT2D eigenvalue weighted by Gasteiger charge is 2.35. The van der Waals surface area contributed by atoms with E-state index in [1.165, 1.54) is 0 Å². The first-order valence-electron chi connectivity index (χ1n) is 3.92. The zero-order chi connectivity index (χ0) is 7.84. The molecule has 60 valence electrons. The fourth-order valence-corrected chi connectivity index (χ4v) is 1.87. The molecule has 0 spiro atoms. The van der Waals surface area contributed by atoms with Gasteiger partial charge >= 0.3 is 0 Å². The van der Waals surface area contributed by atoms with Gasteiger partial charge in [0.05, 0.1) is 12.6 Å². The van der Waals surface area contributed by atoms with Gasteiger partial charge in [-0.1, -0.05) is 6.08 Å². The van der Waals surface area contributed by atoms with Crippen LogP contribution in [0.1, 0.15) is 12.8 Å². The monoisotopic (exact) mass is 153 g/mol. The van der Waals surface area contributed by atoms with Crippen molar-refractivity contribution in [1.29, 1.82) is 0 Å². The van der Waals surface area contributed by atoms with Crippen LogP contribution < -0.4 is 0 Å². The highest BCUT2D eigenvalue weighted by atomic mass is 16.3. The Balaban J connectivity index is 2.17. The summed E-state index contributed by atoms with van der Waals surface area (Å²) in [5.41, 5.74) is 1.02. The second-order valence-electron chi connectivity index (χ2n) is 3.04. The maximum atomic E-state index is 11.1. The molecule has 0 radical (unpaired) electrons. The van der Waals surface area contributed by atoms with Gasteiger partial charge < -0.3 is 10.0 Å². The van der Waals surface area contributed by atoms with Crippen molar-refractivity contribution in [1.82, 2.24) is 4.90 Å². The topological polar surface area (TPSA) is 40.5 Å². The Morgan fingerprint density at radius 1 is 1.73 bits per heavy atom. The van der Waals surface area contributed by atoms with E-state index in [-0.39, 0.29) is 18.6 Å². The molecular formula is C8H11NO2. The summed E-state index contributed by atoms with van der Waals surface area (Å²) < 4.78 is 0. The van der Waals surface area contributed by atoms with Crippen molar-refractivity contribution in [3.63, 3.8) is 0 Å². The van der Waals surface area contributed by atoms with Gasteiger partial charge in [0.1, 0.15) is 0 Å². The fraction of sp³-hybridized carbons (Fsp3) is 0.625. The van der Waals surface area contributed by atoms with Crippen LogP contribution in [0, 0.1) is 0 Å². The third-order valence-corrected chi connectivity index (χ3v) is 2.49. The summed E-state index contributed by atoms with van der Waals surface area (Å²) in [5.74, 6) is 0.231. The molecule has 0 bridgehead atoms. The number of carbonyl (C=O) groups excluding carboxylic acids is 1. The molecular weight excluding hydrogens is 142 g/mol. The van der Waals surface area contributed by atoms with Crippen LogP contribution in [0.5, 0.6) is 0 Å². The molecule has 2 heterocycles. The van der Waals surface area contributed by atoms with E-state index in [2.05, 4.69) is 0 Å². The number of hydrogen-bond acceptors (Lipinski definition) is 2. The molecule has 2 aliphatic rings. The molecule has 2 rings (SSSR count). The Labute approximate surface area is 65.3 Å². The van der Waals surface area contributed by atoms with Crippen LogP contribution in [0.2, 0.25) is 0 Å². The van der Waals surface area contributed by atoms with Crippen LogP contribution in [0.25, 0.3) is 0 Å². The molecule has 0 aliphatic carbocycles. The number of nitrogens with zero attached hydrogens (tertiary/aromatic N) is 1. The van der Waals surface area contributed by atoms with Crippen molar-refractivity contribution < 1.29 is 9.90 Å². The van der Waals surface area contributed by atoms with Crippen molar-refractivity contribution in [2.24, 2.45) is 0 Å². The van der Waals surface area contributed by atoms with Crippen molar-refractivity contribution >= 4 is 5.91 Å². The van der Waals surface area contributed by atoms with E-state index in [0.29, 0.717) is 13.0 Å². The van der Waals surface area contributed by atoms with Crippen LogP contribution in [0.15, 0.2) is 11.6 Å². The predicted octanol–water partition coefficient (Wildman–Crippen LogP) is -0.0903. The van der Waals surface area contributed by atoms with Gasteiger partial charge in [-0.2, -0.15) is 0 Å².